The van der Waals surface area contributed by atoms with E-state index >= 15 is 0 Å². The predicted molar refractivity (Wildman–Crippen MR) is 128 cm³/mol. The molecule has 0 saturated heterocycles. The largest absolute Gasteiger partial charge is 0.489 e. The molecule has 1 aromatic heterocycles. The van der Waals surface area contributed by atoms with Crippen LogP contribution in [0.5, 0.6) is 5.75 Å². The lowest BCUT2D eigenvalue weighted by Crippen LogP contribution is -2.07. The molecule has 5 rings (SSSR count). The minimum Gasteiger partial charge on any atom is -0.489 e. The lowest BCUT2D eigenvalue weighted by atomic mass is 10.1. The van der Waals surface area contributed by atoms with Crippen LogP contribution in [0.4, 0.5) is 5.69 Å². The fourth-order valence-corrected chi connectivity index (χ4v) is 4.56. The van der Waals surface area contributed by atoms with Gasteiger partial charge in [0.1, 0.15) is 18.2 Å². The first-order valence-corrected chi connectivity index (χ1v) is 11.2. The quantitative estimate of drug-likeness (QED) is 0.391. The highest BCUT2D eigenvalue weighted by Crippen LogP contribution is 2.37. The lowest BCUT2D eigenvalue weighted by molar-refractivity contribution is -0.114. The van der Waals surface area contributed by atoms with Gasteiger partial charge in [-0.3, -0.25) is 4.79 Å². The molecule has 0 unspecified atom stereocenters. The van der Waals surface area contributed by atoms with E-state index in [1.165, 1.54) is 32.6 Å². The molecule has 0 atom stereocenters. The minimum atomic E-state index is -0.0779. The maximum Gasteiger partial charge on any atom is 0.221 e. The number of nitrogens with zero attached hydrogens (tertiary/aromatic N) is 2. The molecule has 0 bridgehead atoms. The summed E-state index contributed by atoms with van der Waals surface area (Å²) in [6, 6.07) is 24.8. The van der Waals surface area contributed by atoms with Crippen molar-refractivity contribution in [2.45, 2.75) is 45.3 Å². The maximum atomic E-state index is 11.5. The van der Waals surface area contributed by atoms with Crippen LogP contribution in [0.2, 0.25) is 0 Å². The number of hydrogen-bond acceptors (Lipinski definition) is 3. The van der Waals surface area contributed by atoms with Crippen LogP contribution in [0.25, 0.3) is 22.4 Å². The summed E-state index contributed by atoms with van der Waals surface area (Å²) in [7, 11) is 0. The number of benzene rings is 3. The molecule has 1 aliphatic carbocycles. The molecule has 162 valence electrons. The molecule has 0 radical (unpaired) electrons. The Morgan fingerprint density at radius 3 is 2.50 bits per heavy atom. The predicted octanol–water partition coefficient (Wildman–Crippen LogP) is 6.36. The van der Waals surface area contributed by atoms with Crippen LogP contribution in [-0.2, 0) is 11.4 Å². The van der Waals surface area contributed by atoms with Gasteiger partial charge < -0.3 is 14.6 Å². The molecule has 0 spiro atoms. The number of amides is 1. The number of carbonyl (C=O) groups is 1. The second-order valence-electron chi connectivity index (χ2n) is 8.43. The Hall–Kier alpha value is -3.60. The Morgan fingerprint density at radius 1 is 1.03 bits per heavy atom. The van der Waals surface area contributed by atoms with Crippen LogP contribution in [0.15, 0.2) is 72.8 Å². The van der Waals surface area contributed by atoms with Crippen LogP contribution >= 0.6 is 0 Å². The molecular weight excluding hydrogens is 398 g/mol. The van der Waals surface area contributed by atoms with E-state index in [0.717, 1.165) is 39.4 Å². The van der Waals surface area contributed by atoms with Crippen molar-refractivity contribution < 1.29 is 9.53 Å². The number of anilines is 1. The van der Waals surface area contributed by atoms with E-state index in [1.54, 1.807) is 0 Å². The van der Waals surface area contributed by atoms with Crippen molar-refractivity contribution >= 4 is 22.6 Å². The van der Waals surface area contributed by atoms with Crippen molar-refractivity contribution in [3.63, 3.8) is 0 Å². The van der Waals surface area contributed by atoms with Crippen molar-refractivity contribution in [3.8, 4) is 17.1 Å². The van der Waals surface area contributed by atoms with Gasteiger partial charge in [0.25, 0.3) is 0 Å². The van der Waals surface area contributed by atoms with Gasteiger partial charge in [-0.25, -0.2) is 4.98 Å². The molecule has 1 heterocycles. The van der Waals surface area contributed by atoms with Gasteiger partial charge in [0.15, 0.2) is 0 Å². The Balaban J connectivity index is 1.46. The first-order valence-electron chi connectivity index (χ1n) is 11.2. The van der Waals surface area contributed by atoms with Crippen molar-refractivity contribution in [2.75, 3.05) is 5.32 Å². The molecule has 5 heteroatoms. The molecule has 4 aromatic rings. The fourth-order valence-electron chi connectivity index (χ4n) is 4.56. The first kappa shape index (κ1) is 20.3. The number of carbonyl (C=O) groups excluding carboxylic acids is 1. The van der Waals surface area contributed by atoms with Gasteiger partial charge in [0.2, 0.25) is 5.91 Å². The van der Waals surface area contributed by atoms with Crippen molar-refractivity contribution in [1.82, 2.24) is 9.55 Å². The van der Waals surface area contributed by atoms with Crippen LogP contribution in [-0.4, -0.2) is 15.5 Å². The first-order chi connectivity index (χ1) is 15.7. The van der Waals surface area contributed by atoms with Gasteiger partial charge in [0.05, 0.1) is 11.0 Å². The zero-order valence-corrected chi connectivity index (χ0v) is 18.3. The average molecular weight is 426 g/mol. The summed E-state index contributed by atoms with van der Waals surface area (Å²) < 4.78 is 8.35. The topological polar surface area (TPSA) is 56.1 Å². The molecule has 0 aliphatic heterocycles. The van der Waals surface area contributed by atoms with Gasteiger partial charge >= 0.3 is 0 Å². The van der Waals surface area contributed by atoms with E-state index in [1.807, 2.05) is 42.5 Å². The number of hydrogen-bond donors (Lipinski definition) is 1. The molecule has 5 nitrogen and oxygen atoms in total. The summed E-state index contributed by atoms with van der Waals surface area (Å²) >= 11 is 0. The van der Waals surface area contributed by atoms with Crippen LogP contribution in [0.1, 0.15) is 44.2 Å². The van der Waals surface area contributed by atoms with Gasteiger partial charge in [-0.05, 0) is 60.9 Å². The summed E-state index contributed by atoms with van der Waals surface area (Å²) in [5.41, 5.74) is 5.01. The van der Waals surface area contributed by atoms with E-state index in [4.69, 9.17) is 9.72 Å². The van der Waals surface area contributed by atoms with Gasteiger partial charge in [-0.2, -0.15) is 0 Å². The number of aromatic nitrogens is 2. The number of ether oxygens (including phenoxy) is 1. The highest BCUT2D eigenvalue weighted by Gasteiger charge is 2.23. The second kappa shape index (κ2) is 8.87. The third-order valence-electron chi connectivity index (χ3n) is 6.06. The van der Waals surface area contributed by atoms with Gasteiger partial charge in [0, 0.05) is 24.2 Å². The molecule has 1 N–H and O–H groups in total. The van der Waals surface area contributed by atoms with E-state index in [2.05, 4.69) is 40.2 Å². The van der Waals surface area contributed by atoms with Crippen molar-refractivity contribution in [2.24, 2.45) is 0 Å². The lowest BCUT2D eigenvalue weighted by Gasteiger charge is -2.17. The molecule has 1 aliphatic rings. The third-order valence-corrected chi connectivity index (χ3v) is 6.06. The zero-order valence-electron chi connectivity index (χ0n) is 18.3. The Morgan fingerprint density at radius 2 is 1.78 bits per heavy atom. The van der Waals surface area contributed by atoms with Gasteiger partial charge in [-0.15, -0.1) is 0 Å². The van der Waals surface area contributed by atoms with E-state index in [0.29, 0.717) is 12.6 Å². The summed E-state index contributed by atoms with van der Waals surface area (Å²) in [4.78, 5) is 16.5. The Labute approximate surface area is 188 Å². The molecular formula is C27H27N3O2. The normalized spacial score (nSPS) is 14.0. The highest BCUT2D eigenvalue weighted by molar-refractivity contribution is 5.92. The van der Waals surface area contributed by atoms with Crippen LogP contribution in [0.3, 0.4) is 0 Å². The molecule has 1 saturated carbocycles. The highest BCUT2D eigenvalue weighted by atomic mass is 16.5. The molecule has 1 amide bonds. The second-order valence-corrected chi connectivity index (χ2v) is 8.43. The number of fused-ring (bicyclic) bond motifs is 1. The van der Waals surface area contributed by atoms with Crippen LogP contribution < -0.4 is 10.1 Å². The van der Waals surface area contributed by atoms with Crippen molar-refractivity contribution in [3.05, 3.63) is 78.4 Å². The zero-order chi connectivity index (χ0) is 21.9. The third kappa shape index (κ3) is 4.24. The minimum absolute atomic E-state index is 0.0779. The number of nitrogens with one attached hydrogen (secondary N) is 1. The number of rotatable bonds is 6. The summed E-state index contributed by atoms with van der Waals surface area (Å²) in [6.07, 6.45) is 4.84. The Kier molecular flexibility index (Phi) is 5.63. The van der Waals surface area contributed by atoms with E-state index in [9.17, 15) is 4.79 Å². The summed E-state index contributed by atoms with van der Waals surface area (Å²) in [6.45, 7) is 2.07. The molecule has 1 fully saturated rings. The average Bonchev–Trinajstić information content (AvgIpc) is 3.46. The van der Waals surface area contributed by atoms with E-state index < -0.39 is 0 Å². The van der Waals surface area contributed by atoms with Crippen molar-refractivity contribution in [1.29, 1.82) is 0 Å². The maximum absolute atomic E-state index is 11.5. The monoisotopic (exact) mass is 425 g/mol. The standard InChI is InChI=1S/C27H27N3O2/c1-19(31)28-22-13-16-26-25(17-22)29-27(30(26)23-9-5-6-10-23)21-11-14-24(15-12-21)32-18-20-7-3-2-4-8-20/h2-4,7-8,11-17,23H,5-6,9-10,18H2,1H3,(H,28,31). The molecule has 3 aromatic carbocycles. The summed E-state index contributed by atoms with van der Waals surface area (Å²) in [5.74, 6) is 1.74. The van der Waals surface area contributed by atoms with Gasteiger partial charge in [-0.1, -0.05) is 43.2 Å². The molecule has 32 heavy (non-hydrogen) atoms. The SMILES string of the molecule is CC(=O)Nc1ccc2c(c1)nc(-c1ccc(OCc3ccccc3)cc1)n2C1CCCC1. The van der Waals surface area contributed by atoms with E-state index in [-0.39, 0.29) is 5.91 Å². The smallest absolute Gasteiger partial charge is 0.221 e. The Bertz CT molecular complexity index is 1220. The summed E-state index contributed by atoms with van der Waals surface area (Å²) in [5, 5.41) is 2.87. The fraction of sp³-hybridized carbons (Fsp3) is 0.259. The van der Waals surface area contributed by atoms with Crippen LogP contribution in [0, 0.1) is 0 Å². The number of imidazole rings is 1.